The van der Waals surface area contributed by atoms with Gasteiger partial charge >= 0.3 is 6.18 Å². The predicted octanol–water partition coefficient (Wildman–Crippen LogP) is 5.28. The van der Waals surface area contributed by atoms with Gasteiger partial charge in [-0.2, -0.15) is 13.2 Å². The van der Waals surface area contributed by atoms with Gasteiger partial charge in [-0.15, -0.1) is 0 Å². The molecule has 3 aromatic rings. The van der Waals surface area contributed by atoms with Crippen molar-refractivity contribution in [1.29, 1.82) is 0 Å². The maximum absolute atomic E-state index is 14.0. The topological polar surface area (TPSA) is 74.3 Å². The van der Waals surface area contributed by atoms with E-state index in [1.54, 1.807) is 0 Å². The molecule has 1 unspecified atom stereocenters. The summed E-state index contributed by atoms with van der Waals surface area (Å²) in [6, 6.07) is 5.04. The van der Waals surface area contributed by atoms with Crippen LogP contribution in [0.15, 0.2) is 42.5 Å². The molecule has 1 atom stereocenters. The molecule has 0 radical (unpaired) electrons. The predicted molar refractivity (Wildman–Crippen MR) is 121 cm³/mol. The summed E-state index contributed by atoms with van der Waals surface area (Å²) < 4.78 is 80.9. The number of nitrogens with zero attached hydrogens (tertiary/aromatic N) is 2. The molecule has 2 aromatic carbocycles. The van der Waals surface area contributed by atoms with Gasteiger partial charge in [-0.05, 0) is 36.4 Å². The monoisotopic (exact) mass is 540 g/mol. The second kappa shape index (κ2) is 8.94. The number of anilines is 2. The fourth-order valence-corrected chi connectivity index (χ4v) is 4.43. The normalized spacial score (nSPS) is 17.3. The molecule has 2 amide bonds. The highest BCUT2D eigenvalue weighted by atomic mass is 35.5. The van der Waals surface area contributed by atoms with Crippen molar-refractivity contribution in [2.45, 2.75) is 18.4 Å². The van der Waals surface area contributed by atoms with Crippen LogP contribution in [0.1, 0.15) is 43.6 Å². The number of halogens is 7. The summed E-state index contributed by atoms with van der Waals surface area (Å²) in [5.74, 6) is -3.62. The lowest BCUT2D eigenvalue weighted by Gasteiger charge is -2.35. The fraction of sp³-hybridized carbons (Fsp3) is 0.208. The van der Waals surface area contributed by atoms with Crippen LogP contribution >= 0.6 is 11.6 Å². The van der Waals surface area contributed by atoms with Gasteiger partial charge in [0.05, 0.1) is 30.4 Å². The van der Waals surface area contributed by atoms with E-state index in [0.717, 1.165) is 12.1 Å². The van der Waals surface area contributed by atoms with Crippen molar-refractivity contribution >= 4 is 34.9 Å². The number of rotatable bonds is 4. The van der Waals surface area contributed by atoms with E-state index in [1.807, 2.05) is 0 Å². The third-order valence-corrected chi connectivity index (χ3v) is 6.33. The molecule has 1 saturated heterocycles. The highest BCUT2D eigenvalue weighted by Gasteiger charge is 2.38. The summed E-state index contributed by atoms with van der Waals surface area (Å²) in [7, 11) is 0. The van der Waals surface area contributed by atoms with Crippen LogP contribution in [0.5, 0.6) is 0 Å². The Hall–Kier alpha value is -3.80. The molecule has 2 aliphatic rings. The fourth-order valence-electron chi connectivity index (χ4n) is 4.20. The van der Waals surface area contributed by atoms with E-state index in [2.05, 4.69) is 15.6 Å². The molecule has 0 bridgehead atoms. The number of nitrogens with one attached hydrogen (secondary N) is 2. The van der Waals surface area contributed by atoms with E-state index in [9.17, 15) is 35.9 Å². The van der Waals surface area contributed by atoms with E-state index in [-0.39, 0.29) is 52.5 Å². The SMILES string of the molecule is O=C(Nc1cc(N2CC(F)C2)nc2c1C(c1cc(F)ccc1Cl)NC2=O)c1cc(F)cc(C(F)(F)F)c1. The molecule has 2 aliphatic heterocycles. The second-order valence-corrected chi connectivity index (χ2v) is 8.95. The number of carbonyl (C=O) groups is 2. The third kappa shape index (κ3) is 4.68. The van der Waals surface area contributed by atoms with Crippen molar-refractivity contribution in [3.63, 3.8) is 0 Å². The number of aromatic nitrogens is 1. The van der Waals surface area contributed by atoms with Gasteiger partial charge in [0.1, 0.15) is 29.3 Å². The number of pyridine rings is 1. The highest BCUT2D eigenvalue weighted by Crippen LogP contribution is 2.41. The van der Waals surface area contributed by atoms with Crippen LogP contribution < -0.4 is 15.5 Å². The molecule has 3 heterocycles. The maximum Gasteiger partial charge on any atom is 0.416 e. The molecule has 0 saturated carbocycles. The lowest BCUT2D eigenvalue weighted by Crippen LogP contribution is -2.49. The van der Waals surface area contributed by atoms with Crippen molar-refractivity contribution in [3.8, 4) is 0 Å². The molecule has 5 rings (SSSR count). The second-order valence-electron chi connectivity index (χ2n) is 8.55. The number of hydrogen-bond acceptors (Lipinski definition) is 4. The number of benzene rings is 2. The summed E-state index contributed by atoms with van der Waals surface area (Å²) in [6.45, 7) is -0.0580. The molecule has 1 aromatic heterocycles. The molecule has 13 heteroatoms. The molecule has 37 heavy (non-hydrogen) atoms. The first kappa shape index (κ1) is 24.9. The van der Waals surface area contributed by atoms with E-state index < -0.39 is 53.0 Å². The Morgan fingerprint density at radius 1 is 1.08 bits per heavy atom. The van der Waals surface area contributed by atoms with Gasteiger partial charge in [0.2, 0.25) is 0 Å². The van der Waals surface area contributed by atoms with Gasteiger partial charge < -0.3 is 15.5 Å². The lowest BCUT2D eigenvalue weighted by atomic mass is 9.98. The summed E-state index contributed by atoms with van der Waals surface area (Å²) in [5, 5.41) is 5.10. The van der Waals surface area contributed by atoms with Crippen molar-refractivity contribution in [2.75, 3.05) is 23.3 Å². The quantitative estimate of drug-likeness (QED) is 0.442. The zero-order valence-electron chi connectivity index (χ0n) is 18.5. The molecule has 1 fully saturated rings. The molecule has 6 nitrogen and oxygen atoms in total. The van der Waals surface area contributed by atoms with Crippen LogP contribution in [-0.4, -0.2) is 36.1 Å². The van der Waals surface area contributed by atoms with Gasteiger partial charge in [-0.3, -0.25) is 9.59 Å². The van der Waals surface area contributed by atoms with Crippen molar-refractivity contribution in [1.82, 2.24) is 10.3 Å². The van der Waals surface area contributed by atoms with E-state index in [0.29, 0.717) is 12.1 Å². The minimum atomic E-state index is -4.90. The van der Waals surface area contributed by atoms with Gasteiger partial charge in [-0.1, -0.05) is 11.6 Å². The number of carbonyl (C=O) groups excluding carboxylic acids is 2. The van der Waals surface area contributed by atoms with Gasteiger partial charge in [0, 0.05) is 27.8 Å². The van der Waals surface area contributed by atoms with Crippen LogP contribution in [0.25, 0.3) is 0 Å². The van der Waals surface area contributed by atoms with Crippen LogP contribution in [0.4, 0.5) is 37.8 Å². The molecular formula is C24H15ClF6N4O2. The lowest BCUT2D eigenvalue weighted by molar-refractivity contribution is -0.137. The standard InChI is InChI=1S/C24H15ClF6N4O2/c25-16-2-1-12(26)6-15(16)20-19-17(7-18(35-8-14(28)9-35)33-21(19)23(37)34-20)32-22(36)10-3-11(24(29,30)31)5-13(27)4-10/h1-7,14,20H,8-9H2,(H,34,37)(H,32,33,36). The van der Waals surface area contributed by atoms with E-state index >= 15 is 0 Å². The number of fused-ring (bicyclic) bond motifs is 1. The summed E-state index contributed by atoms with van der Waals surface area (Å²) in [5.41, 5.74) is -2.04. The zero-order chi connectivity index (χ0) is 26.6. The van der Waals surface area contributed by atoms with Crippen molar-refractivity contribution in [3.05, 3.63) is 87.1 Å². The Balaban J connectivity index is 1.61. The molecule has 0 spiro atoms. The summed E-state index contributed by atoms with van der Waals surface area (Å²) in [6.07, 6.45) is -6.04. The largest absolute Gasteiger partial charge is 0.416 e. The van der Waals surface area contributed by atoms with E-state index in [4.69, 9.17) is 11.6 Å². The van der Waals surface area contributed by atoms with Crippen LogP contribution in [-0.2, 0) is 6.18 Å². The summed E-state index contributed by atoms with van der Waals surface area (Å²) in [4.78, 5) is 31.5. The Morgan fingerprint density at radius 2 is 1.81 bits per heavy atom. The van der Waals surface area contributed by atoms with Gasteiger partial charge in [-0.25, -0.2) is 18.2 Å². The minimum Gasteiger partial charge on any atom is -0.351 e. The third-order valence-electron chi connectivity index (χ3n) is 5.99. The first-order valence-corrected chi connectivity index (χ1v) is 11.2. The number of amides is 2. The number of hydrogen-bond donors (Lipinski definition) is 2. The number of alkyl halides is 4. The molecule has 0 aliphatic carbocycles. The average Bonchev–Trinajstić information content (AvgIpc) is 3.14. The van der Waals surface area contributed by atoms with Crippen LogP contribution in [0.3, 0.4) is 0 Å². The summed E-state index contributed by atoms with van der Waals surface area (Å²) >= 11 is 6.23. The Kier molecular flexibility index (Phi) is 6.01. The minimum absolute atomic E-state index is 0.0290. The Morgan fingerprint density at radius 3 is 2.49 bits per heavy atom. The zero-order valence-corrected chi connectivity index (χ0v) is 19.2. The molecular weight excluding hydrogens is 526 g/mol. The molecule has 2 N–H and O–H groups in total. The Bertz CT molecular complexity index is 1440. The first-order valence-electron chi connectivity index (χ1n) is 10.8. The Labute approximate surface area is 210 Å². The van der Waals surface area contributed by atoms with Crippen molar-refractivity contribution < 1.29 is 35.9 Å². The average molecular weight is 541 g/mol. The first-order chi connectivity index (χ1) is 17.4. The van der Waals surface area contributed by atoms with Crippen molar-refractivity contribution in [2.24, 2.45) is 0 Å². The highest BCUT2D eigenvalue weighted by molar-refractivity contribution is 6.31. The van der Waals surface area contributed by atoms with Gasteiger partial charge in [0.15, 0.2) is 0 Å². The smallest absolute Gasteiger partial charge is 0.351 e. The van der Waals surface area contributed by atoms with Gasteiger partial charge in [0.25, 0.3) is 11.8 Å². The maximum atomic E-state index is 14.0. The van der Waals surface area contributed by atoms with Crippen LogP contribution in [0.2, 0.25) is 5.02 Å². The molecule has 192 valence electrons. The van der Waals surface area contributed by atoms with E-state index in [1.165, 1.54) is 17.0 Å². The van der Waals surface area contributed by atoms with Crippen LogP contribution in [0, 0.1) is 11.6 Å².